The van der Waals surface area contributed by atoms with Crippen LogP contribution < -0.4 is 10.6 Å². The molecule has 2 N–H and O–H groups in total. The first-order valence-electron chi connectivity index (χ1n) is 14.0. The molecule has 0 saturated carbocycles. The molecule has 2 unspecified atom stereocenters. The molecule has 2 aliphatic rings. The highest BCUT2D eigenvalue weighted by molar-refractivity contribution is 6.03. The molecule has 0 radical (unpaired) electrons. The van der Waals surface area contributed by atoms with Gasteiger partial charge in [-0.25, -0.2) is 0 Å². The van der Waals surface area contributed by atoms with Crippen molar-refractivity contribution in [3.8, 4) is 0 Å². The van der Waals surface area contributed by atoms with Crippen molar-refractivity contribution < 1.29 is 33.4 Å². The topological polar surface area (TPSA) is 134 Å². The Bertz CT molecular complexity index is 889. The molecule has 222 valence electrons. The summed E-state index contributed by atoms with van der Waals surface area (Å²) in [6, 6.07) is 0. The quantitative estimate of drug-likeness (QED) is 0.205. The van der Waals surface area contributed by atoms with Crippen LogP contribution in [0.4, 0.5) is 0 Å². The maximum atomic E-state index is 12.3. The lowest BCUT2D eigenvalue weighted by atomic mass is 9.93. The zero-order chi connectivity index (χ0) is 29.2. The zero-order valence-corrected chi connectivity index (χ0v) is 24.6. The predicted octanol–water partition coefficient (Wildman–Crippen LogP) is 1.35. The molecule has 2 heterocycles. The van der Waals surface area contributed by atoms with E-state index in [0.717, 1.165) is 11.4 Å². The van der Waals surface area contributed by atoms with Crippen molar-refractivity contribution in [3.05, 3.63) is 0 Å². The number of hydrogen-bond acceptors (Lipinski definition) is 7. The third-order valence-electron chi connectivity index (χ3n) is 6.86. The van der Waals surface area contributed by atoms with Gasteiger partial charge in [-0.2, -0.15) is 0 Å². The molecule has 2 rings (SSSR count). The van der Waals surface area contributed by atoms with Crippen molar-refractivity contribution in [2.75, 3.05) is 59.2 Å². The van der Waals surface area contributed by atoms with Crippen molar-refractivity contribution in [2.45, 2.75) is 67.2 Å². The maximum absolute atomic E-state index is 12.3. The summed E-state index contributed by atoms with van der Waals surface area (Å²) < 4.78 is 11.7. The van der Waals surface area contributed by atoms with Crippen LogP contribution in [0.2, 0.25) is 0 Å². The molecule has 0 spiro atoms. The number of carbonyl (C=O) groups excluding carboxylic acids is 5. The summed E-state index contributed by atoms with van der Waals surface area (Å²) in [7, 11) is 0. The van der Waals surface area contributed by atoms with Crippen molar-refractivity contribution >= 4 is 29.5 Å². The van der Waals surface area contributed by atoms with Crippen LogP contribution >= 0.6 is 0 Å². The molecule has 39 heavy (non-hydrogen) atoms. The van der Waals surface area contributed by atoms with E-state index in [2.05, 4.69) is 10.6 Å². The van der Waals surface area contributed by atoms with Gasteiger partial charge in [0.1, 0.15) is 0 Å². The molecule has 11 nitrogen and oxygen atoms in total. The Hall–Kier alpha value is -2.53. The van der Waals surface area contributed by atoms with Crippen LogP contribution in [-0.2, 0) is 33.4 Å². The summed E-state index contributed by atoms with van der Waals surface area (Å²) in [6.07, 6.45) is 1.16. The number of nitrogens with one attached hydrogen (secondary N) is 2. The third-order valence-corrected chi connectivity index (χ3v) is 6.86. The molecule has 2 saturated heterocycles. The minimum atomic E-state index is -0.305. The maximum Gasteiger partial charge on any atom is 0.232 e. The first-order valence-corrected chi connectivity index (χ1v) is 14.0. The van der Waals surface area contributed by atoms with E-state index in [-0.39, 0.29) is 65.7 Å². The Morgan fingerprint density at radius 2 is 1.46 bits per heavy atom. The number of nitrogens with zero attached hydrogens (tertiary/aromatic N) is 2. The molecule has 0 aromatic rings. The molecule has 0 aromatic heterocycles. The van der Waals surface area contributed by atoms with Gasteiger partial charge in [0.25, 0.3) is 0 Å². The van der Waals surface area contributed by atoms with Crippen molar-refractivity contribution in [3.63, 3.8) is 0 Å². The van der Waals surface area contributed by atoms with Gasteiger partial charge in [-0.15, -0.1) is 0 Å². The van der Waals surface area contributed by atoms with Crippen molar-refractivity contribution in [2.24, 2.45) is 22.7 Å². The Kier molecular flexibility index (Phi) is 12.4. The SMILES string of the molecule is CC1CC(=O)N(CCC(=O)NCC(C)(C)COCC(C)(C)COCCNC(=O)CCN2C(=O)CC(C)C2=O)C1. The summed E-state index contributed by atoms with van der Waals surface area (Å²) in [5, 5.41) is 5.71. The summed E-state index contributed by atoms with van der Waals surface area (Å²) in [6.45, 7) is 15.7. The van der Waals surface area contributed by atoms with Crippen molar-refractivity contribution in [1.82, 2.24) is 20.4 Å². The average molecular weight is 553 g/mol. The van der Waals surface area contributed by atoms with Gasteiger partial charge >= 0.3 is 0 Å². The first kappa shape index (κ1) is 32.7. The second-order valence-electron chi connectivity index (χ2n) is 12.6. The van der Waals surface area contributed by atoms with Gasteiger partial charge in [0, 0.05) is 75.2 Å². The van der Waals surface area contributed by atoms with E-state index in [4.69, 9.17) is 9.47 Å². The molecule has 0 aromatic carbocycles. The van der Waals surface area contributed by atoms with Gasteiger partial charge < -0.3 is 25.0 Å². The predicted molar refractivity (Wildman–Crippen MR) is 145 cm³/mol. The van der Waals surface area contributed by atoms with Crippen LogP contribution in [-0.4, -0.2) is 98.5 Å². The fourth-order valence-corrected chi connectivity index (χ4v) is 4.54. The van der Waals surface area contributed by atoms with Gasteiger partial charge in [-0.1, -0.05) is 41.5 Å². The minimum absolute atomic E-state index is 0.0659. The van der Waals surface area contributed by atoms with Gasteiger partial charge in [-0.3, -0.25) is 28.9 Å². The van der Waals surface area contributed by atoms with Crippen molar-refractivity contribution in [1.29, 1.82) is 0 Å². The number of carbonyl (C=O) groups is 5. The van der Waals surface area contributed by atoms with Crippen LogP contribution in [0.25, 0.3) is 0 Å². The van der Waals surface area contributed by atoms with E-state index < -0.39 is 0 Å². The minimum Gasteiger partial charge on any atom is -0.380 e. The number of amides is 5. The monoisotopic (exact) mass is 552 g/mol. The molecule has 0 bridgehead atoms. The summed E-state index contributed by atoms with van der Waals surface area (Å²) in [5.41, 5.74) is -0.493. The van der Waals surface area contributed by atoms with Crippen LogP contribution in [0.3, 0.4) is 0 Å². The second-order valence-corrected chi connectivity index (χ2v) is 12.6. The Morgan fingerprint density at radius 3 is 2.08 bits per heavy atom. The van der Waals surface area contributed by atoms with E-state index >= 15 is 0 Å². The van der Waals surface area contributed by atoms with E-state index in [1.165, 1.54) is 0 Å². The highest BCUT2D eigenvalue weighted by Gasteiger charge is 2.35. The Morgan fingerprint density at radius 1 is 0.846 bits per heavy atom. The fourth-order valence-electron chi connectivity index (χ4n) is 4.54. The highest BCUT2D eigenvalue weighted by atomic mass is 16.5. The standard InChI is InChI=1S/C28H48N4O7/c1-20-13-24(35)31(15-20)10-7-23(34)30-16-27(3,4)17-39-19-28(5,6)18-38-12-9-29-22(33)8-11-32-25(36)14-21(2)26(32)37/h20-21H,7-19H2,1-6H3,(H,29,33)(H,30,34). The van der Waals surface area contributed by atoms with Gasteiger partial charge in [0.05, 0.1) is 26.4 Å². The van der Waals surface area contributed by atoms with E-state index in [0.29, 0.717) is 64.8 Å². The fraction of sp³-hybridized carbons (Fsp3) is 0.821. The molecule has 0 aliphatic carbocycles. The van der Waals surface area contributed by atoms with Gasteiger partial charge in [0.15, 0.2) is 0 Å². The average Bonchev–Trinajstić information content (AvgIpc) is 3.29. The molecule has 2 aliphatic heterocycles. The van der Waals surface area contributed by atoms with E-state index in [1.807, 2.05) is 34.6 Å². The normalized spacial score (nSPS) is 20.2. The van der Waals surface area contributed by atoms with E-state index in [9.17, 15) is 24.0 Å². The number of imide groups is 1. The molecule has 5 amide bonds. The summed E-state index contributed by atoms with van der Waals surface area (Å²) in [5.74, 6) is -0.549. The first-order chi connectivity index (χ1) is 18.2. The lowest BCUT2D eigenvalue weighted by molar-refractivity contribution is -0.139. The summed E-state index contributed by atoms with van der Waals surface area (Å²) >= 11 is 0. The Labute approximate surface area is 232 Å². The highest BCUT2D eigenvalue weighted by Crippen LogP contribution is 2.21. The number of rotatable bonds is 17. The molecular weight excluding hydrogens is 504 g/mol. The van der Waals surface area contributed by atoms with Gasteiger partial charge in [-0.05, 0) is 5.92 Å². The van der Waals surface area contributed by atoms with Gasteiger partial charge in [0.2, 0.25) is 29.5 Å². The van der Waals surface area contributed by atoms with E-state index in [1.54, 1.807) is 11.8 Å². The third kappa shape index (κ3) is 11.6. The van der Waals surface area contributed by atoms with Crippen LogP contribution in [0.15, 0.2) is 0 Å². The van der Waals surface area contributed by atoms with Crippen LogP contribution in [0, 0.1) is 22.7 Å². The molecular formula is C28H48N4O7. The lowest BCUT2D eigenvalue weighted by Crippen LogP contribution is -2.39. The van der Waals surface area contributed by atoms with Crippen LogP contribution in [0.1, 0.15) is 67.2 Å². The smallest absolute Gasteiger partial charge is 0.232 e. The Balaban J connectivity index is 1.53. The summed E-state index contributed by atoms with van der Waals surface area (Å²) in [4.78, 5) is 62.8. The number of likely N-dealkylation sites (tertiary alicyclic amines) is 2. The lowest BCUT2D eigenvalue weighted by Gasteiger charge is -2.29. The number of ether oxygens (including phenoxy) is 2. The van der Waals surface area contributed by atoms with Crippen LogP contribution in [0.5, 0.6) is 0 Å². The largest absolute Gasteiger partial charge is 0.380 e. The number of hydrogen-bond donors (Lipinski definition) is 2. The molecule has 2 atom stereocenters. The second kappa shape index (κ2) is 14.7. The zero-order valence-electron chi connectivity index (χ0n) is 24.6. The molecule has 11 heteroatoms. The molecule has 2 fully saturated rings.